The molecule has 0 amide bonds. The SMILES string of the molecule is CCN(C)CCNC(=NC)NCCc1ccc2c(c1)CCO2.I. The Morgan fingerprint density at radius 3 is 2.83 bits per heavy atom. The van der Waals surface area contributed by atoms with Gasteiger partial charge < -0.3 is 20.3 Å². The first-order valence-corrected chi connectivity index (χ1v) is 8.10. The van der Waals surface area contributed by atoms with Crippen molar-refractivity contribution >= 4 is 29.9 Å². The molecule has 0 spiro atoms. The lowest BCUT2D eigenvalue weighted by molar-refractivity contribution is 0.356. The molecule has 23 heavy (non-hydrogen) atoms. The fourth-order valence-corrected chi connectivity index (χ4v) is 2.46. The van der Waals surface area contributed by atoms with E-state index in [1.807, 2.05) is 7.05 Å². The predicted octanol–water partition coefficient (Wildman–Crippen LogP) is 1.90. The second kappa shape index (κ2) is 10.7. The molecule has 1 aromatic rings. The molecule has 0 unspecified atom stereocenters. The Labute approximate surface area is 156 Å². The minimum absolute atomic E-state index is 0. The number of fused-ring (bicyclic) bond motifs is 1. The summed E-state index contributed by atoms with van der Waals surface area (Å²) < 4.78 is 5.54. The van der Waals surface area contributed by atoms with Gasteiger partial charge in [0.25, 0.3) is 0 Å². The molecule has 1 aliphatic heterocycles. The second-order valence-corrected chi connectivity index (χ2v) is 5.61. The van der Waals surface area contributed by atoms with Crippen LogP contribution in [0.25, 0.3) is 0 Å². The normalized spacial score (nSPS) is 13.3. The topological polar surface area (TPSA) is 48.9 Å². The molecule has 5 nitrogen and oxygen atoms in total. The van der Waals surface area contributed by atoms with Crippen molar-refractivity contribution in [3.8, 4) is 5.75 Å². The Bertz CT molecular complexity index is 507. The van der Waals surface area contributed by atoms with E-state index < -0.39 is 0 Å². The van der Waals surface area contributed by atoms with Crippen molar-refractivity contribution in [3.05, 3.63) is 29.3 Å². The molecule has 0 fully saturated rings. The van der Waals surface area contributed by atoms with Crippen LogP contribution in [0.2, 0.25) is 0 Å². The van der Waals surface area contributed by atoms with Gasteiger partial charge >= 0.3 is 0 Å². The van der Waals surface area contributed by atoms with Crippen LogP contribution < -0.4 is 15.4 Å². The quantitative estimate of drug-likeness (QED) is 0.393. The maximum atomic E-state index is 5.54. The first-order chi connectivity index (χ1) is 10.7. The van der Waals surface area contributed by atoms with Crippen molar-refractivity contribution in [2.24, 2.45) is 4.99 Å². The van der Waals surface area contributed by atoms with Crippen molar-refractivity contribution < 1.29 is 4.74 Å². The molecule has 1 aromatic carbocycles. The fourth-order valence-electron chi connectivity index (χ4n) is 2.46. The third kappa shape index (κ3) is 6.55. The van der Waals surface area contributed by atoms with E-state index in [0.29, 0.717) is 0 Å². The Morgan fingerprint density at radius 2 is 2.09 bits per heavy atom. The van der Waals surface area contributed by atoms with Gasteiger partial charge in [-0.2, -0.15) is 0 Å². The average Bonchev–Trinajstić information content (AvgIpc) is 3.00. The highest BCUT2D eigenvalue weighted by Crippen LogP contribution is 2.25. The van der Waals surface area contributed by atoms with Crippen LogP contribution in [0.5, 0.6) is 5.75 Å². The number of ether oxygens (including phenoxy) is 1. The maximum absolute atomic E-state index is 5.54. The molecule has 130 valence electrons. The number of nitrogens with zero attached hydrogens (tertiary/aromatic N) is 2. The highest BCUT2D eigenvalue weighted by molar-refractivity contribution is 14.0. The van der Waals surface area contributed by atoms with Crippen molar-refractivity contribution in [2.45, 2.75) is 19.8 Å². The lowest BCUT2D eigenvalue weighted by atomic mass is 10.1. The zero-order chi connectivity index (χ0) is 15.8. The van der Waals surface area contributed by atoms with Gasteiger partial charge in [0.1, 0.15) is 5.75 Å². The van der Waals surface area contributed by atoms with Gasteiger partial charge in [0.2, 0.25) is 0 Å². The summed E-state index contributed by atoms with van der Waals surface area (Å²) in [7, 11) is 3.93. The minimum atomic E-state index is 0. The molecule has 1 heterocycles. The summed E-state index contributed by atoms with van der Waals surface area (Å²) in [5.74, 6) is 1.92. The lowest BCUT2D eigenvalue weighted by Crippen LogP contribution is -2.41. The zero-order valence-corrected chi connectivity index (χ0v) is 16.7. The van der Waals surface area contributed by atoms with Gasteiger partial charge in [-0.25, -0.2) is 0 Å². The number of hydrogen-bond donors (Lipinski definition) is 2. The summed E-state index contributed by atoms with van der Waals surface area (Å²) in [5.41, 5.74) is 2.68. The van der Waals surface area contributed by atoms with Crippen molar-refractivity contribution in [2.75, 3.05) is 46.9 Å². The zero-order valence-electron chi connectivity index (χ0n) is 14.4. The summed E-state index contributed by atoms with van der Waals surface area (Å²) in [6.07, 6.45) is 2.02. The van der Waals surface area contributed by atoms with E-state index in [9.17, 15) is 0 Å². The number of nitrogens with one attached hydrogen (secondary N) is 2. The number of benzene rings is 1. The Balaban J connectivity index is 0.00000264. The predicted molar refractivity (Wildman–Crippen MR) is 107 cm³/mol. The lowest BCUT2D eigenvalue weighted by Gasteiger charge is -2.16. The number of aliphatic imine (C=N–C) groups is 1. The molecular weight excluding hydrogens is 403 g/mol. The van der Waals surface area contributed by atoms with Gasteiger partial charge in [0.15, 0.2) is 5.96 Å². The van der Waals surface area contributed by atoms with Gasteiger partial charge in [0.05, 0.1) is 6.61 Å². The van der Waals surface area contributed by atoms with Crippen LogP contribution in [0.1, 0.15) is 18.1 Å². The highest BCUT2D eigenvalue weighted by Gasteiger charge is 2.11. The Hall–Kier alpha value is -1.02. The van der Waals surface area contributed by atoms with Crippen LogP contribution in [-0.2, 0) is 12.8 Å². The van der Waals surface area contributed by atoms with Crippen LogP contribution >= 0.6 is 24.0 Å². The molecular formula is C17H29IN4O. The van der Waals surface area contributed by atoms with Gasteiger partial charge in [-0.05, 0) is 37.2 Å². The second-order valence-electron chi connectivity index (χ2n) is 5.61. The first-order valence-electron chi connectivity index (χ1n) is 8.10. The van der Waals surface area contributed by atoms with Crippen molar-refractivity contribution in [1.82, 2.24) is 15.5 Å². The van der Waals surface area contributed by atoms with E-state index in [-0.39, 0.29) is 24.0 Å². The molecule has 2 N–H and O–H groups in total. The number of likely N-dealkylation sites (N-methyl/N-ethyl adjacent to an activating group) is 1. The largest absolute Gasteiger partial charge is 0.493 e. The smallest absolute Gasteiger partial charge is 0.191 e. The monoisotopic (exact) mass is 432 g/mol. The number of rotatable bonds is 7. The van der Waals surface area contributed by atoms with Gasteiger partial charge in [0, 0.05) is 33.1 Å². The summed E-state index contributed by atoms with van der Waals surface area (Å²) >= 11 is 0. The van der Waals surface area contributed by atoms with E-state index in [1.54, 1.807) is 0 Å². The number of halogens is 1. The van der Waals surface area contributed by atoms with E-state index >= 15 is 0 Å². The third-order valence-electron chi connectivity index (χ3n) is 4.01. The third-order valence-corrected chi connectivity index (χ3v) is 4.01. The summed E-state index contributed by atoms with van der Waals surface area (Å²) in [5, 5.41) is 6.71. The van der Waals surface area contributed by atoms with Gasteiger partial charge in [-0.1, -0.05) is 19.1 Å². The molecule has 6 heteroatoms. The van der Waals surface area contributed by atoms with Gasteiger partial charge in [-0.15, -0.1) is 24.0 Å². The molecule has 0 bridgehead atoms. The van der Waals surface area contributed by atoms with E-state index in [4.69, 9.17) is 4.74 Å². The fraction of sp³-hybridized carbons (Fsp3) is 0.588. The molecule has 0 saturated carbocycles. The molecule has 0 atom stereocenters. The maximum Gasteiger partial charge on any atom is 0.191 e. The van der Waals surface area contributed by atoms with E-state index in [2.05, 4.69) is 52.7 Å². The van der Waals surface area contributed by atoms with Crippen LogP contribution in [0, 0.1) is 0 Å². The van der Waals surface area contributed by atoms with Crippen LogP contribution in [0.15, 0.2) is 23.2 Å². The average molecular weight is 432 g/mol. The van der Waals surface area contributed by atoms with Crippen LogP contribution in [-0.4, -0.2) is 57.7 Å². The van der Waals surface area contributed by atoms with Crippen molar-refractivity contribution in [1.29, 1.82) is 0 Å². The summed E-state index contributed by atoms with van der Waals surface area (Å²) in [6, 6.07) is 6.50. The Kier molecular flexibility index (Phi) is 9.31. The van der Waals surface area contributed by atoms with Crippen LogP contribution in [0.4, 0.5) is 0 Å². The first kappa shape index (κ1) is 20.0. The van der Waals surface area contributed by atoms with Crippen molar-refractivity contribution in [3.63, 3.8) is 0 Å². The molecule has 0 saturated heterocycles. The number of guanidine groups is 1. The van der Waals surface area contributed by atoms with Gasteiger partial charge in [-0.3, -0.25) is 4.99 Å². The van der Waals surface area contributed by atoms with E-state index in [1.165, 1.54) is 11.1 Å². The summed E-state index contributed by atoms with van der Waals surface area (Å²) in [6.45, 7) is 6.84. The minimum Gasteiger partial charge on any atom is -0.493 e. The molecule has 0 aromatic heterocycles. The van der Waals surface area contributed by atoms with E-state index in [0.717, 1.165) is 57.3 Å². The number of hydrogen-bond acceptors (Lipinski definition) is 3. The molecule has 0 radical (unpaired) electrons. The molecule has 1 aliphatic rings. The standard InChI is InChI=1S/C17H28N4O.HI/c1-4-21(3)11-10-20-17(18-2)19-9-7-14-5-6-16-15(13-14)8-12-22-16;/h5-6,13H,4,7-12H2,1-3H3,(H2,18,19,20);1H. The molecule has 2 rings (SSSR count). The molecule has 0 aliphatic carbocycles. The highest BCUT2D eigenvalue weighted by atomic mass is 127. The summed E-state index contributed by atoms with van der Waals surface area (Å²) in [4.78, 5) is 6.53. The van der Waals surface area contributed by atoms with Crippen LogP contribution in [0.3, 0.4) is 0 Å². The Morgan fingerprint density at radius 1 is 1.30 bits per heavy atom.